The van der Waals surface area contributed by atoms with Gasteiger partial charge in [-0.15, -0.1) is 33.1 Å². The van der Waals surface area contributed by atoms with E-state index in [4.69, 9.17) is 16.6 Å². The van der Waals surface area contributed by atoms with Gasteiger partial charge in [0.15, 0.2) is 5.82 Å². The van der Waals surface area contributed by atoms with Crippen molar-refractivity contribution in [2.24, 2.45) is 10.9 Å². The van der Waals surface area contributed by atoms with Crippen LogP contribution in [0.1, 0.15) is 61.4 Å². The van der Waals surface area contributed by atoms with E-state index in [-0.39, 0.29) is 6.04 Å². The Kier molecular flexibility index (Phi) is 4.50. The normalized spacial score (nSPS) is 26.5. The molecule has 1 saturated carbocycles. The first-order valence-electron chi connectivity index (χ1n) is 8.40. The highest BCUT2D eigenvalue weighted by molar-refractivity contribution is 14.1. The summed E-state index contributed by atoms with van der Waals surface area (Å²) in [4.78, 5) is 5.15. The van der Waals surface area contributed by atoms with Crippen molar-refractivity contribution in [3.8, 4) is 5.00 Å². The van der Waals surface area contributed by atoms with Gasteiger partial charge in [0.05, 0.1) is 2.88 Å². The number of aromatic nitrogens is 3. The van der Waals surface area contributed by atoms with Gasteiger partial charge in [-0.25, -0.2) is 0 Å². The number of aryl methyl sites for hydroxylation is 1. The van der Waals surface area contributed by atoms with Crippen LogP contribution in [0.4, 0.5) is 0 Å². The molecule has 0 aromatic carbocycles. The lowest BCUT2D eigenvalue weighted by Crippen LogP contribution is -2.24. The minimum atomic E-state index is 0.0339. The zero-order chi connectivity index (χ0) is 17.0. The van der Waals surface area contributed by atoms with Crippen molar-refractivity contribution in [1.29, 1.82) is 0 Å². The van der Waals surface area contributed by atoms with Crippen molar-refractivity contribution in [3.63, 3.8) is 0 Å². The monoisotopic (exact) mass is 474 g/mol. The summed E-state index contributed by atoms with van der Waals surface area (Å²) < 4.78 is 3.54. The molecule has 0 spiro atoms. The van der Waals surface area contributed by atoms with Crippen LogP contribution < -0.4 is 0 Å². The summed E-state index contributed by atoms with van der Waals surface area (Å²) in [7, 11) is 0. The largest absolute Gasteiger partial charge is 0.278 e. The van der Waals surface area contributed by atoms with Crippen LogP contribution in [0.2, 0.25) is 0 Å². The first-order valence-corrected chi connectivity index (χ1v) is 10.7. The molecule has 24 heavy (non-hydrogen) atoms. The summed E-state index contributed by atoms with van der Waals surface area (Å²) in [5.74, 6) is 2.40. The smallest absolute Gasteiger partial charge is 0.162 e. The van der Waals surface area contributed by atoms with E-state index in [1.54, 1.807) is 0 Å². The average Bonchev–Trinajstić information content (AvgIpc) is 3.03. The number of hydrogen-bond donors (Lipinski definition) is 0. The van der Waals surface area contributed by atoms with Crippen LogP contribution >= 0.6 is 45.5 Å². The van der Waals surface area contributed by atoms with Crippen LogP contribution in [0, 0.1) is 22.6 Å². The molecule has 0 bridgehead atoms. The highest BCUT2D eigenvalue weighted by Crippen LogP contribution is 2.41. The molecule has 2 aromatic heterocycles. The van der Waals surface area contributed by atoms with E-state index in [0.29, 0.717) is 11.3 Å². The molecule has 2 aliphatic rings. The second-order valence-corrected chi connectivity index (χ2v) is 10.2. The summed E-state index contributed by atoms with van der Waals surface area (Å²) >= 11 is 10.6. The van der Waals surface area contributed by atoms with E-state index in [9.17, 15) is 0 Å². The second kappa shape index (κ2) is 6.36. The zero-order valence-corrected chi connectivity index (χ0v) is 17.7. The molecular weight excluding hydrogens is 455 g/mol. The number of alkyl halides is 1. The summed E-state index contributed by atoms with van der Waals surface area (Å²) in [6, 6.07) is 0.0339. The van der Waals surface area contributed by atoms with Gasteiger partial charge in [0.1, 0.15) is 16.9 Å². The van der Waals surface area contributed by atoms with Crippen molar-refractivity contribution in [3.05, 3.63) is 25.7 Å². The molecule has 7 heteroatoms. The van der Waals surface area contributed by atoms with Crippen LogP contribution in [-0.4, -0.2) is 25.9 Å². The zero-order valence-electron chi connectivity index (χ0n) is 14.0. The van der Waals surface area contributed by atoms with E-state index < -0.39 is 0 Å². The van der Waals surface area contributed by atoms with Gasteiger partial charge in [0.2, 0.25) is 0 Å². The molecule has 3 heterocycles. The van der Waals surface area contributed by atoms with Crippen LogP contribution in [0.25, 0.3) is 5.00 Å². The number of thiophene rings is 1. The number of rotatable bonds is 1. The molecule has 0 amide bonds. The summed E-state index contributed by atoms with van der Waals surface area (Å²) in [6.07, 6.45) is 4.43. The maximum absolute atomic E-state index is 6.33. The molecule has 1 aliphatic heterocycles. The van der Waals surface area contributed by atoms with E-state index in [1.165, 1.54) is 24.7 Å². The minimum Gasteiger partial charge on any atom is -0.278 e. The average molecular weight is 475 g/mol. The Hall–Kier alpha value is -0.470. The molecule has 0 unspecified atom stereocenters. The van der Waals surface area contributed by atoms with E-state index in [2.05, 4.69) is 51.2 Å². The minimum absolute atomic E-state index is 0.0339. The van der Waals surface area contributed by atoms with Gasteiger partial charge in [-0.05, 0) is 74.6 Å². The Labute approximate surface area is 164 Å². The fourth-order valence-electron chi connectivity index (χ4n) is 3.80. The standard InChI is InChI=1S/C17H20ClIN4S/c1-8-13-14(11-4-6-12(18)7-5-11)20-9(2)16-22-21-10(3)23(16)17(13)24-15(8)19/h9,11-12H,4-7H2,1-3H3/t9-,11?,12?/m0/s1. The van der Waals surface area contributed by atoms with Gasteiger partial charge < -0.3 is 0 Å². The third-order valence-electron chi connectivity index (χ3n) is 5.13. The molecule has 128 valence electrons. The Morgan fingerprint density at radius 3 is 2.58 bits per heavy atom. The first kappa shape index (κ1) is 17.0. The van der Waals surface area contributed by atoms with Gasteiger partial charge in [-0.1, -0.05) is 0 Å². The molecular formula is C17H20ClIN4S. The van der Waals surface area contributed by atoms with Crippen LogP contribution in [-0.2, 0) is 0 Å². The molecule has 2 aromatic rings. The van der Waals surface area contributed by atoms with Crippen molar-refractivity contribution in [1.82, 2.24) is 14.8 Å². The van der Waals surface area contributed by atoms with E-state index in [0.717, 1.165) is 37.3 Å². The third-order valence-corrected chi connectivity index (χ3v) is 8.10. The van der Waals surface area contributed by atoms with Gasteiger partial charge >= 0.3 is 0 Å². The fourth-order valence-corrected chi connectivity index (χ4v) is 6.05. The lowest BCUT2D eigenvalue weighted by molar-refractivity contribution is 0.443. The second-order valence-electron chi connectivity index (χ2n) is 6.76. The molecule has 1 aliphatic carbocycles. The van der Waals surface area contributed by atoms with E-state index in [1.807, 2.05) is 18.3 Å². The molecule has 4 rings (SSSR count). The van der Waals surface area contributed by atoms with E-state index >= 15 is 0 Å². The molecule has 1 atom stereocenters. The highest BCUT2D eigenvalue weighted by Gasteiger charge is 2.33. The van der Waals surface area contributed by atoms with Crippen molar-refractivity contribution >= 4 is 51.2 Å². The predicted octanol–water partition coefficient (Wildman–Crippen LogP) is 5.21. The molecule has 0 radical (unpaired) electrons. The van der Waals surface area contributed by atoms with Crippen molar-refractivity contribution in [2.75, 3.05) is 0 Å². The van der Waals surface area contributed by atoms with Gasteiger partial charge in [0, 0.05) is 22.6 Å². The SMILES string of the molecule is Cc1c(I)sc2c1C(C1CCC(Cl)CC1)=N[C@@H](C)c1nnc(C)n1-2. The number of hydrogen-bond acceptors (Lipinski definition) is 4. The number of halogens is 2. The maximum Gasteiger partial charge on any atom is 0.162 e. The number of nitrogens with zero attached hydrogens (tertiary/aromatic N) is 4. The van der Waals surface area contributed by atoms with Crippen LogP contribution in [0.5, 0.6) is 0 Å². The van der Waals surface area contributed by atoms with Gasteiger partial charge in [0.25, 0.3) is 0 Å². The lowest BCUT2D eigenvalue weighted by atomic mass is 9.82. The Balaban J connectivity index is 1.90. The quantitative estimate of drug-likeness (QED) is 0.420. The van der Waals surface area contributed by atoms with Crippen molar-refractivity contribution < 1.29 is 0 Å². The molecule has 1 fully saturated rings. The molecule has 4 nitrogen and oxygen atoms in total. The first-order chi connectivity index (χ1) is 11.5. The number of fused-ring (bicyclic) bond motifs is 3. The van der Waals surface area contributed by atoms with Crippen molar-refractivity contribution in [2.45, 2.75) is 57.9 Å². The summed E-state index contributed by atoms with van der Waals surface area (Å²) in [6.45, 7) is 6.37. The predicted molar refractivity (Wildman–Crippen MR) is 108 cm³/mol. The number of aliphatic imine (C=N–C) groups is 1. The third kappa shape index (κ3) is 2.65. The maximum atomic E-state index is 6.33. The lowest BCUT2D eigenvalue weighted by Gasteiger charge is -2.27. The Bertz CT molecular complexity index is 817. The van der Waals surface area contributed by atoms with Crippen LogP contribution in [0.15, 0.2) is 4.99 Å². The Morgan fingerprint density at radius 1 is 1.17 bits per heavy atom. The molecule has 0 N–H and O–H groups in total. The van der Waals surface area contributed by atoms with Gasteiger partial charge in [-0.2, -0.15) is 0 Å². The fraction of sp³-hybridized carbons (Fsp3) is 0.588. The van der Waals surface area contributed by atoms with Crippen LogP contribution in [0.3, 0.4) is 0 Å². The highest BCUT2D eigenvalue weighted by atomic mass is 127. The summed E-state index contributed by atoms with van der Waals surface area (Å²) in [5.41, 5.74) is 3.93. The molecule has 0 saturated heterocycles. The van der Waals surface area contributed by atoms with Gasteiger partial charge in [-0.3, -0.25) is 9.56 Å². The topological polar surface area (TPSA) is 43.1 Å². The summed E-state index contributed by atoms with van der Waals surface area (Å²) in [5, 5.41) is 10.3. The Morgan fingerprint density at radius 2 is 1.88 bits per heavy atom.